The van der Waals surface area contributed by atoms with Crippen molar-refractivity contribution in [2.75, 3.05) is 30.9 Å². The number of anilines is 2. The lowest BCUT2D eigenvalue weighted by Gasteiger charge is -2.12. The van der Waals surface area contributed by atoms with Gasteiger partial charge in [-0.15, -0.1) is 0 Å². The Hall–Kier alpha value is -1.98. The Labute approximate surface area is 138 Å². The summed E-state index contributed by atoms with van der Waals surface area (Å²) >= 11 is 11.8. The molecular formula is C15H15Cl2N3O2. The molecule has 1 heterocycles. The van der Waals surface area contributed by atoms with Crippen LogP contribution in [0.25, 0.3) is 0 Å². The third kappa shape index (κ3) is 4.51. The second-order valence-electron chi connectivity index (χ2n) is 4.71. The molecule has 0 atom stereocenters. The normalized spacial score (nSPS) is 10.2. The molecule has 0 aliphatic rings. The Morgan fingerprint density at radius 1 is 1.27 bits per heavy atom. The molecule has 0 fully saturated rings. The number of aromatic nitrogens is 1. The van der Waals surface area contributed by atoms with Gasteiger partial charge in [0.25, 0.3) is 5.91 Å². The molecule has 0 radical (unpaired) electrons. The molecule has 0 aliphatic carbocycles. The van der Waals surface area contributed by atoms with Gasteiger partial charge in [0.2, 0.25) is 0 Å². The number of nitrogens with zero attached hydrogens (tertiary/aromatic N) is 2. The van der Waals surface area contributed by atoms with Crippen LogP contribution in [0.2, 0.25) is 10.0 Å². The maximum absolute atomic E-state index is 11.8. The summed E-state index contributed by atoms with van der Waals surface area (Å²) in [7, 11) is 3.79. The zero-order chi connectivity index (χ0) is 16.1. The topological polar surface area (TPSA) is 54.5 Å². The third-order valence-corrected chi connectivity index (χ3v) is 3.27. The molecule has 7 heteroatoms. The van der Waals surface area contributed by atoms with Gasteiger partial charge in [0.15, 0.2) is 6.61 Å². The zero-order valence-corrected chi connectivity index (χ0v) is 13.6. The fraction of sp³-hybridized carbons (Fsp3) is 0.200. The smallest absolute Gasteiger partial charge is 0.262 e. The highest BCUT2D eigenvalue weighted by Crippen LogP contribution is 2.27. The summed E-state index contributed by atoms with van der Waals surface area (Å²) in [6, 6.07) is 8.40. The number of carbonyl (C=O) groups is 1. The number of halogens is 2. The van der Waals surface area contributed by atoms with Gasteiger partial charge < -0.3 is 15.0 Å². The number of pyridine rings is 1. The third-order valence-electron chi connectivity index (χ3n) is 2.74. The molecule has 0 saturated carbocycles. The monoisotopic (exact) mass is 339 g/mol. The molecule has 0 saturated heterocycles. The number of nitrogens with one attached hydrogen (secondary N) is 1. The molecule has 116 valence electrons. The van der Waals surface area contributed by atoms with Crippen LogP contribution in [0, 0.1) is 0 Å². The van der Waals surface area contributed by atoms with Crippen molar-refractivity contribution in [3.05, 3.63) is 46.6 Å². The highest BCUT2D eigenvalue weighted by Gasteiger charge is 2.07. The number of amides is 1. The summed E-state index contributed by atoms with van der Waals surface area (Å²) in [5.74, 6) is 0.912. The largest absolute Gasteiger partial charge is 0.482 e. The molecule has 1 aromatic heterocycles. The van der Waals surface area contributed by atoms with Crippen molar-refractivity contribution in [1.82, 2.24) is 4.98 Å². The molecule has 1 amide bonds. The number of hydrogen-bond donors (Lipinski definition) is 1. The number of hydrogen-bond acceptors (Lipinski definition) is 4. The van der Waals surface area contributed by atoms with Gasteiger partial charge in [-0.05, 0) is 30.3 Å². The van der Waals surface area contributed by atoms with Gasteiger partial charge in [-0.1, -0.05) is 23.2 Å². The van der Waals surface area contributed by atoms with E-state index in [1.54, 1.807) is 30.5 Å². The van der Waals surface area contributed by atoms with Crippen molar-refractivity contribution in [3.63, 3.8) is 0 Å². The first-order valence-electron chi connectivity index (χ1n) is 6.47. The highest BCUT2D eigenvalue weighted by molar-refractivity contribution is 6.35. The van der Waals surface area contributed by atoms with E-state index in [2.05, 4.69) is 10.3 Å². The molecule has 0 aliphatic heterocycles. The Morgan fingerprint density at radius 3 is 2.64 bits per heavy atom. The first-order chi connectivity index (χ1) is 10.5. The molecule has 0 unspecified atom stereocenters. The predicted octanol–water partition coefficient (Wildman–Crippen LogP) is 3.47. The molecular weight excluding hydrogens is 325 g/mol. The highest BCUT2D eigenvalue weighted by atomic mass is 35.5. The minimum Gasteiger partial charge on any atom is -0.482 e. The van der Waals surface area contributed by atoms with E-state index in [1.807, 2.05) is 25.1 Å². The first kappa shape index (κ1) is 16.4. The minimum absolute atomic E-state index is 0.156. The zero-order valence-electron chi connectivity index (χ0n) is 12.1. The average Bonchev–Trinajstić information content (AvgIpc) is 2.47. The molecule has 2 aromatic rings. The maximum atomic E-state index is 11.8. The summed E-state index contributed by atoms with van der Waals surface area (Å²) in [5, 5.41) is 3.56. The van der Waals surface area contributed by atoms with Gasteiger partial charge in [0.05, 0.1) is 16.9 Å². The molecule has 0 spiro atoms. The Bertz CT molecular complexity index is 660. The van der Waals surface area contributed by atoms with Crippen LogP contribution in [0.4, 0.5) is 11.5 Å². The second-order valence-corrected chi connectivity index (χ2v) is 5.55. The molecule has 0 bridgehead atoms. The van der Waals surface area contributed by atoms with E-state index in [4.69, 9.17) is 27.9 Å². The fourth-order valence-corrected chi connectivity index (χ4v) is 2.12. The van der Waals surface area contributed by atoms with E-state index in [9.17, 15) is 4.79 Å². The fourth-order valence-electron chi connectivity index (χ4n) is 1.66. The lowest BCUT2D eigenvalue weighted by Crippen LogP contribution is -2.20. The molecule has 22 heavy (non-hydrogen) atoms. The van der Waals surface area contributed by atoms with Crippen LogP contribution in [-0.2, 0) is 4.79 Å². The van der Waals surface area contributed by atoms with Crippen LogP contribution in [0.1, 0.15) is 0 Å². The predicted molar refractivity (Wildman–Crippen MR) is 89.2 cm³/mol. The van der Waals surface area contributed by atoms with E-state index in [-0.39, 0.29) is 12.5 Å². The average molecular weight is 340 g/mol. The van der Waals surface area contributed by atoms with E-state index in [1.165, 1.54) is 0 Å². The van der Waals surface area contributed by atoms with Gasteiger partial charge in [0.1, 0.15) is 11.6 Å². The quantitative estimate of drug-likeness (QED) is 0.906. The molecule has 2 rings (SSSR count). The van der Waals surface area contributed by atoms with E-state index in [0.717, 1.165) is 5.82 Å². The van der Waals surface area contributed by atoms with Crippen molar-refractivity contribution >= 4 is 40.6 Å². The summed E-state index contributed by atoms with van der Waals surface area (Å²) < 4.78 is 5.36. The SMILES string of the molecule is CN(C)c1ccc(NC(=O)COc2ccc(Cl)cc2Cl)cn1. The number of ether oxygens (including phenoxy) is 1. The Morgan fingerprint density at radius 2 is 2.05 bits per heavy atom. The van der Waals surface area contributed by atoms with Crippen molar-refractivity contribution in [2.45, 2.75) is 0 Å². The van der Waals surface area contributed by atoms with Gasteiger partial charge in [-0.2, -0.15) is 0 Å². The standard InChI is InChI=1S/C15H15Cl2N3O2/c1-20(2)14-6-4-11(8-18-14)19-15(21)9-22-13-5-3-10(16)7-12(13)17/h3-8H,9H2,1-2H3,(H,19,21). The molecule has 5 nitrogen and oxygen atoms in total. The maximum Gasteiger partial charge on any atom is 0.262 e. The van der Waals surface area contributed by atoms with Crippen molar-refractivity contribution < 1.29 is 9.53 Å². The van der Waals surface area contributed by atoms with Gasteiger partial charge >= 0.3 is 0 Å². The van der Waals surface area contributed by atoms with Crippen molar-refractivity contribution in [1.29, 1.82) is 0 Å². The Kier molecular flexibility index (Phi) is 5.46. The van der Waals surface area contributed by atoms with Crippen molar-refractivity contribution in [2.24, 2.45) is 0 Å². The van der Waals surface area contributed by atoms with Crippen LogP contribution in [0.15, 0.2) is 36.5 Å². The molecule has 1 N–H and O–H groups in total. The second kappa shape index (κ2) is 7.33. The van der Waals surface area contributed by atoms with E-state index >= 15 is 0 Å². The van der Waals surface area contributed by atoms with Crippen LogP contribution in [-0.4, -0.2) is 31.6 Å². The van der Waals surface area contributed by atoms with Crippen LogP contribution in [0.5, 0.6) is 5.75 Å². The first-order valence-corrected chi connectivity index (χ1v) is 7.22. The number of carbonyl (C=O) groups excluding carboxylic acids is 1. The lowest BCUT2D eigenvalue weighted by molar-refractivity contribution is -0.118. The summed E-state index contributed by atoms with van der Waals surface area (Å²) in [6.07, 6.45) is 1.59. The number of benzene rings is 1. The van der Waals surface area contributed by atoms with Crippen LogP contribution >= 0.6 is 23.2 Å². The van der Waals surface area contributed by atoms with E-state index in [0.29, 0.717) is 21.5 Å². The van der Waals surface area contributed by atoms with Gasteiger partial charge in [-0.25, -0.2) is 4.98 Å². The van der Waals surface area contributed by atoms with Crippen LogP contribution < -0.4 is 15.0 Å². The summed E-state index contributed by atoms with van der Waals surface area (Å²) in [4.78, 5) is 17.9. The lowest BCUT2D eigenvalue weighted by atomic mass is 10.3. The number of rotatable bonds is 5. The van der Waals surface area contributed by atoms with Gasteiger partial charge in [0, 0.05) is 19.1 Å². The minimum atomic E-state index is -0.301. The summed E-state index contributed by atoms with van der Waals surface area (Å²) in [5.41, 5.74) is 0.599. The van der Waals surface area contributed by atoms with Gasteiger partial charge in [-0.3, -0.25) is 4.79 Å². The van der Waals surface area contributed by atoms with Crippen molar-refractivity contribution in [3.8, 4) is 5.75 Å². The molecule has 1 aromatic carbocycles. The van der Waals surface area contributed by atoms with E-state index < -0.39 is 0 Å². The Balaban J connectivity index is 1.90. The van der Waals surface area contributed by atoms with Crippen LogP contribution in [0.3, 0.4) is 0 Å². The summed E-state index contributed by atoms with van der Waals surface area (Å²) in [6.45, 7) is -0.156.